The van der Waals surface area contributed by atoms with Gasteiger partial charge < -0.3 is 10.1 Å². The summed E-state index contributed by atoms with van der Waals surface area (Å²) in [4.78, 5) is 12.0. The average Bonchev–Trinajstić information content (AvgIpc) is 2.48. The van der Waals surface area contributed by atoms with Gasteiger partial charge in [-0.15, -0.1) is 0 Å². The molecule has 0 saturated heterocycles. The zero-order valence-corrected chi connectivity index (χ0v) is 13.8. The first-order valence-electron chi connectivity index (χ1n) is 7.21. The summed E-state index contributed by atoms with van der Waals surface area (Å²) in [7, 11) is 0. The number of ether oxygens (including phenoxy) is 1. The molecule has 0 bridgehead atoms. The molecule has 0 aliphatic heterocycles. The Hall–Kier alpha value is -2.00. The number of aryl methyl sites for hydroxylation is 2. The second kappa shape index (κ2) is 7.32. The van der Waals surface area contributed by atoms with E-state index in [0.29, 0.717) is 10.8 Å². The number of amides is 1. The van der Waals surface area contributed by atoms with Gasteiger partial charge in [-0.2, -0.15) is 0 Å². The molecule has 1 amide bonds. The van der Waals surface area contributed by atoms with Gasteiger partial charge >= 0.3 is 0 Å². The molecule has 0 heterocycles. The van der Waals surface area contributed by atoms with Crippen LogP contribution >= 0.6 is 11.6 Å². The Bertz CT molecular complexity index is 670. The molecular formula is C18H20ClNO2. The van der Waals surface area contributed by atoms with Gasteiger partial charge in [-0.25, -0.2) is 0 Å². The highest BCUT2D eigenvalue weighted by molar-refractivity contribution is 6.32. The quantitative estimate of drug-likeness (QED) is 0.897. The lowest BCUT2D eigenvalue weighted by Crippen LogP contribution is -2.31. The Morgan fingerprint density at radius 2 is 1.95 bits per heavy atom. The van der Waals surface area contributed by atoms with E-state index in [0.717, 1.165) is 16.7 Å². The van der Waals surface area contributed by atoms with Crippen LogP contribution in [0.3, 0.4) is 0 Å². The monoisotopic (exact) mass is 317 g/mol. The summed E-state index contributed by atoms with van der Waals surface area (Å²) in [6.45, 7) is 5.88. The molecule has 1 atom stereocenters. The van der Waals surface area contributed by atoms with Crippen molar-refractivity contribution in [2.75, 3.05) is 6.61 Å². The van der Waals surface area contributed by atoms with Crippen molar-refractivity contribution < 1.29 is 9.53 Å². The van der Waals surface area contributed by atoms with Crippen molar-refractivity contribution in [1.82, 2.24) is 5.32 Å². The van der Waals surface area contributed by atoms with Crippen LogP contribution in [0.5, 0.6) is 5.75 Å². The lowest BCUT2D eigenvalue weighted by molar-refractivity contribution is -0.123. The van der Waals surface area contributed by atoms with Crippen LogP contribution in [0, 0.1) is 13.8 Å². The molecule has 22 heavy (non-hydrogen) atoms. The van der Waals surface area contributed by atoms with Gasteiger partial charge in [-0.1, -0.05) is 41.9 Å². The molecule has 0 aliphatic carbocycles. The van der Waals surface area contributed by atoms with Gasteiger partial charge in [0.15, 0.2) is 6.61 Å². The molecule has 0 fully saturated rings. The zero-order chi connectivity index (χ0) is 16.1. The van der Waals surface area contributed by atoms with Crippen LogP contribution in [-0.2, 0) is 4.79 Å². The van der Waals surface area contributed by atoms with E-state index in [-0.39, 0.29) is 18.6 Å². The minimum atomic E-state index is -0.173. The Kier molecular flexibility index (Phi) is 5.45. The first-order valence-corrected chi connectivity index (χ1v) is 7.59. The van der Waals surface area contributed by atoms with Crippen LogP contribution in [0.15, 0.2) is 42.5 Å². The fraction of sp³-hybridized carbons (Fsp3) is 0.278. The number of carbonyl (C=O) groups excluding carboxylic acids is 1. The fourth-order valence-corrected chi connectivity index (χ4v) is 2.47. The van der Waals surface area contributed by atoms with Crippen LogP contribution in [0.25, 0.3) is 0 Å². The van der Waals surface area contributed by atoms with Crippen LogP contribution in [0.2, 0.25) is 5.02 Å². The van der Waals surface area contributed by atoms with Crippen molar-refractivity contribution in [3.8, 4) is 5.75 Å². The molecule has 0 aliphatic rings. The van der Waals surface area contributed by atoms with Crippen molar-refractivity contribution >= 4 is 17.5 Å². The Morgan fingerprint density at radius 3 is 2.68 bits per heavy atom. The van der Waals surface area contributed by atoms with Crippen molar-refractivity contribution in [2.45, 2.75) is 26.8 Å². The zero-order valence-electron chi connectivity index (χ0n) is 13.0. The highest BCUT2D eigenvalue weighted by Gasteiger charge is 2.12. The molecule has 1 unspecified atom stereocenters. The molecule has 4 heteroatoms. The number of halogens is 1. The van der Waals surface area contributed by atoms with Crippen LogP contribution < -0.4 is 10.1 Å². The normalized spacial score (nSPS) is 11.8. The van der Waals surface area contributed by atoms with E-state index in [2.05, 4.69) is 5.32 Å². The lowest BCUT2D eigenvalue weighted by Gasteiger charge is -2.17. The summed E-state index contributed by atoms with van der Waals surface area (Å²) in [5.41, 5.74) is 3.29. The molecular weight excluding hydrogens is 298 g/mol. The topological polar surface area (TPSA) is 38.3 Å². The smallest absolute Gasteiger partial charge is 0.258 e. The third-order valence-electron chi connectivity index (χ3n) is 3.48. The van der Waals surface area contributed by atoms with E-state index in [9.17, 15) is 4.79 Å². The number of benzene rings is 2. The van der Waals surface area contributed by atoms with Crippen molar-refractivity contribution in [3.63, 3.8) is 0 Å². The molecule has 0 aromatic heterocycles. The maximum atomic E-state index is 12.0. The molecule has 3 nitrogen and oxygen atoms in total. The number of rotatable bonds is 5. The molecule has 1 N–H and O–H groups in total. The maximum Gasteiger partial charge on any atom is 0.258 e. The van der Waals surface area contributed by atoms with Crippen LogP contribution in [-0.4, -0.2) is 12.5 Å². The molecule has 116 valence electrons. The first kappa shape index (κ1) is 16.4. The summed E-state index contributed by atoms with van der Waals surface area (Å²) in [6.07, 6.45) is 0. The second-order valence-corrected chi connectivity index (χ2v) is 5.78. The summed E-state index contributed by atoms with van der Waals surface area (Å²) < 4.78 is 5.50. The van der Waals surface area contributed by atoms with E-state index in [1.54, 1.807) is 6.07 Å². The van der Waals surface area contributed by atoms with Gasteiger partial charge in [0, 0.05) is 0 Å². The summed E-state index contributed by atoms with van der Waals surface area (Å²) in [6, 6.07) is 13.4. The lowest BCUT2D eigenvalue weighted by atomic mass is 10.0. The van der Waals surface area contributed by atoms with E-state index in [1.807, 2.05) is 57.2 Å². The Morgan fingerprint density at radius 1 is 1.23 bits per heavy atom. The molecule has 0 spiro atoms. The summed E-state index contributed by atoms with van der Waals surface area (Å²) in [5, 5.41) is 3.44. The SMILES string of the molecule is Cc1ccc(Cl)c(OCC(=O)NC(C)c2ccccc2C)c1. The minimum absolute atomic E-state index is 0.0562. The van der Waals surface area contributed by atoms with E-state index >= 15 is 0 Å². The average molecular weight is 318 g/mol. The predicted octanol–water partition coefficient (Wildman–Crippen LogP) is 4.21. The van der Waals surface area contributed by atoms with E-state index in [1.165, 1.54) is 0 Å². The number of hydrogen-bond acceptors (Lipinski definition) is 2. The summed E-state index contributed by atoms with van der Waals surface area (Å²) in [5.74, 6) is 0.355. The summed E-state index contributed by atoms with van der Waals surface area (Å²) >= 11 is 6.05. The van der Waals surface area contributed by atoms with Crippen molar-refractivity contribution in [1.29, 1.82) is 0 Å². The number of nitrogens with one attached hydrogen (secondary N) is 1. The van der Waals surface area contributed by atoms with Gasteiger partial charge in [0.2, 0.25) is 0 Å². The highest BCUT2D eigenvalue weighted by Crippen LogP contribution is 2.25. The Labute approximate surface area is 136 Å². The van der Waals surface area contributed by atoms with Gasteiger partial charge in [0.1, 0.15) is 5.75 Å². The second-order valence-electron chi connectivity index (χ2n) is 5.37. The van der Waals surface area contributed by atoms with Gasteiger partial charge in [0.25, 0.3) is 5.91 Å². The van der Waals surface area contributed by atoms with E-state index in [4.69, 9.17) is 16.3 Å². The highest BCUT2D eigenvalue weighted by atomic mass is 35.5. The maximum absolute atomic E-state index is 12.0. The van der Waals surface area contributed by atoms with Gasteiger partial charge in [-0.3, -0.25) is 4.79 Å². The van der Waals surface area contributed by atoms with Crippen LogP contribution in [0.4, 0.5) is 0 Å². The standard InChI is InChI=1S/C18H20ClNO2/c1-12-8-9-16(19)17(10-12)22-11-18(21)20-14(3)15-7-5-4-6-13(15)2/h4-10,14H,11H2,1-3H3,(H,20,21). The first-order chi connectivity index (χ1) is 10.5. The van der Waals surface area contributed by atoms with Crippen molar-refractivity contribution in [3.05, 3.63) is 64.2 Å². The molecule has 2 aromatic rings. The van der Waals surface area contributed by atoms with Gasteiger partial charge in [0.05, 0.1) is 11.1 Å². The van der Waals surface area contributed by atoms with Crippen molar-refractivity contribution in [2.24, 2.45) is 0 Å². The predicted molar refractivity (Wildman–Crippen MR) is 89.4 cm³/mol. The van der Waals surface area contributed by atoms with E-state index < -0.39 is 0 Å². The third kappa shape index (κ3) is 4.25. The van der Waals surface area contributed by atoms with Gasteiger partial charge in [-0.05, 0) is 49.6 Å². The molecule has 2 rings (SSSR count). The Balaban J connectivity index is 1.93. The number of hydrogen-bond donors (Lipinski definition) is 1. The fourth-order valence-electron chi connectivity index (χ4n) is 2.30. The molecule has 0 radical (unpaired) electrons. The molecule has 2 aromatic carbocycles. The van der Waals surface area contributed by atoms with Crippen LogP contribution in [0.1, 0.15) is 29.7 Å². The minimum Gasteiger partial charge on any atom is -0.482 e. The third-order valence-corrected chi connectivity index (χ3v) is 3.79. The number of carbonyl (C=O) groups is 1. The largest absolute Gasteiger partial charge is 0.482 e. The molecule has 0 saturated carbocycles.